The number of hydrogen-bond donors (Lipinski definition) is 2. The van der Waals surface area contributed by atoms with Crippen LogP contribution in [0.25, 0.3) is 0 Å². The minimum atomic E-state index is -0.115. The topological polar surface area (TPSA) is 55.1 Å². The van der Waals surface area contributed by atoms with Crippen LogP contribution in [-0.4, -0.2) is 5.91 Å². The summed E-state index contributed by atoms with van der Waals surface area (Å²) in [4.78, 5) is 12.9. The van der Waals surface area contributed by atoms with Gasteiger partial charge in [0.15, 0.2) is 0 Å². The molecule has 3 N–H and O–H groups in total. The summed E-state index contributed by atoms with van der Waals surface area (Å²) in [6.45, 7) is 2.46. The van der Waals surface area contributed by atoms with E-state index in [0.717, 1.165) is 10.4 Å². The number of benzene rings is 1. The summed E-state index contributed by atoms with van der Waals surface area (Å²) in [5.74, 6) is -0.115. The van der Waals surface area contributed by atoms with Crippen molar-refractivity contribution in [2.45, 2.75) is 13.5 Å². The van der Waals surface area contributed by atoms with Gasteiger partial charge in [0.05, 0.1) is 10.6 Å². The van der Waals surface area contributed by atoms with Gasteiger partial charge in [-0.2, -0.15) is 0 Å². The highest BCUT2D eigenvalue weighted by Gasteiger charge is 2.11. The minimum Gasteiger partial charge on any atom is -0.390 e. The van der Waals surface area contributed by atoms with Crippen LogP contribution in [-0.2, 0) is 6.54 Å². The van der Waals surface area contributed by atoms with Gasteiger partial charge in [-0.05, 0) is 18.6 Å². The summed E-state index contributed by atoms with van der Waals surface area (Å²) in [6.07, 6.45) is 0. The molecule has 0 radical (unpaired) electrons. The minimum absolute atomic E-state index is 0.115. The van der Waals surface area contributed by atoms with Crippen molar-refractivity contribution in [3.8, 4) is 0 Å². The highest BCUT2D eigenvalue weighted by atomic mass is 32.1. The second-order valence-electron chi connectivity index (χ2n) is 3.80. The van der Waals surface area contributed by atoms with E-state index < -0.39 is 0 Å². The van der Waals surface area contributed by atoms with Gasteiger partial charge >= 0.3 is 0 Å². The van der Waals surface area contributed by atoms with E-state index >= 15 is 0 Å². The zero-order chi connectivity index (χ0) is 12.3. The Bertz CT molecular complexity index is 519. The highest BCUT2D eigenvalue weighted by molar-refractivity contribution is 7.16. The SMILES string of the molecule is Cc1cc(C(=O)NCc2ccccc2)c(N)s1. The van der Waals surface area contributed by atoms with Crippen molar-refractivity contribution in [3.05, 3.63) is 52.4 Å². The Morgan fingerprint density at radius 2 is 2.06 bits per heavy atom. The van der Waals surface area contributed by atoms with E-state index in [9.17, 15) is 4.79 Å². The highest BCUT2D eigenvalue weighted by Crippen LogP contribution is 2.23. The van der Waals surface area contributed by atoms with Gasteiger partial charge in [0.25, 0.3) is 5.91 Å². The standard InChI is InChI=1S/C13H14N2OS/c1-9-7-11(12(14)17-9)13(16)15-8-10-5-3-2-4-6-10/h2-7H,8,14H2,1H3,(H,15,16). The van der Waals surface area contributed by atoms with Crippen LogP contribution < -0.4 is 11.1 Å². The molecule has 3 nitrogen and oxygen atoms in total. The van der Waals surface area contributed by atoms with Crippen LogP contribution >= 0.6 is 11.3 Å². The first-order valence-corrected chi connectivity index (χ1v) is 6.16. The van der Waals surface area contributed by atoms with Gasteiger partial charge in [-0.15, -0.1) is 11.3 Å². The number of hydrogen-bond acceptors (Lipinski definition) is 3. The molecule has 0 atom stereocenters. The van der Waals surface area contributed by atoms with E-state index in [1.807, 2.05) is 43.3 Å². The van der Waals surface area contributed by atoms with Crippen LogP contribution in [0.3, 0.4) is 0 Å². The Kier molecular flexibility index (Phi) is 3.44. The lowest BCUT2D eigenvalue weighted by atomic mass is 10.2. The second-order valence-corrected chi connectivity index (χ2v) is 5.09. The molecule has 2 aromatic rings. The average molecular weight is 246 g/mol. The number of carbonyl (C=O) groups is 1. The first kappa shape index (κ1) is 11.7. The van der Waals surface area contributed by atoms with Gasteiger partial charge in [0, 0.05) is 11.4 Å². The zero-order valence-corrected chi connectivity index (χ0v) is 10.4. The number of anilines is 1. The lowest BCUT2D eigenvalue weighted by Crippen LogP contribution is -2.22. The first-order chi connectivity index (χ1) is 8.16. The summed E-state index contributed by atoms with van der Waals surface area (Å²) < 4.78 is 0. The maximum Gasteiger partial charge on any atom is 0.254 e. The van der Waals surface area contributed by atoms with Crippen LogP contribution in [0, 0.1) is 6.92 Å². The lowest BCUT2D eigenvalue weighted by Gasteiger charge is -2.04. The molecule has 1 aromatic carbocycles. The number of rotatable bonds is 3. The van der Waals surface area contributed by atoms with Gasteiger partial charge in [-0.1, -0.05) is 30.3 Å². The Balaban J connectivity index is 2.01. The summed E-state index contributed by atoms with van der Waals surface area (Å²) in [5.41, 5.74) is 7.42. The lowest BCUT2D eigenvalue weighted by molar-refractivity contribution is 0.0952. The van der Waals surface area contributed by atoms with Crippen molar-refractivity contribution in [3.63, 3.8) is 0 Å². The Labute approximate surface area is 104 Å². The molecule has 0 fully saturated rings. The molecule has 4 heteroatoms. The molecule has 88 valence electrons. The smallest absolute Gasteiger partial charge is 0.254 e. The third-order valence-corrected chi connectivity index (χ3v) is 3.30. The van der Waals surface area contributed by atoms with Crippen molar-refractivity contribution in [1.82, 2.24) is 5.32 Å². The van der Waals surface area contributed by atoms with Gasteiger partial charge in [-0.25, -0.2) is 0 Å². The zero-order valence-electron chi connectivity index (χ0n) is 9.57. The molecule has 0 saturated heterocycles. The molecule has 0 saturated carbocycles. The molecule has 17 heavy (non-hydrogen) atoms. The van der Waals surface area contributed by atoms with Gasteiger partial charge in [0.2, 0.25) is 0 Å². The summed E-state index contributed by atoms with van der Waals surface area (Å²) in [5, 5.41) is 3.43. The van der Waals surface area contributed by atoms with Gasteiger partial charge < -0.3 is 11.1 Å². The quantitative estimate of drug-likeness (QED) is 0.874. The molecule has 0 aliphatic carbocycles. The summed E-state index contributed by atoms with van der Waals surface area (Å²) >= 11 is 1.44. The van der Waals surface area contributed by atoms with Crippen LogP contribution in [0.2, 0.25) is 0 Å². The fourth-order valence-corrected chi connectivity index (χ4v) is 2.37. The largest absolute Gasteiger partial charge is 0.390 e. The molecule has 1 aromatic heterocycles. The fourth-order valence-electron chi connectivity index (χ4n) is 1.58. The third kappa shape index (κ3) is 2.85. The average Bonchev–Trinajstić information content (AvgIpc) is 2.67. The van der Waals surface area contributed by atoms with Crippen LogP contribution in [0.15, 0.2) is 36.4 Å². The number of aryl methyl sites for hydroxylation is 1. The maximum atomic E-state index is 11.9. The van der Waals surface area contributed by atoms with E-state index in [0.29, 0.717) is 17.1 Å². The number of amides is 1. The normalized spacial score (nSPS) is 10.2. The molecular weight excluding hydrogens is 232 g/mol. The van der Waals surface area contributed by atoms with Gasteiger partial charge in [0.1, 0.15) is 0 Å². The van der Waals surface area contributed by atoms with Crippen molar-refractivity contribution in [1.29, 1.82) is 0 Å². The number of carbonyl (C=O) groups excluding carboxylic acids is 1. The number of nitrogens with one attached hydrogen (secondary N) is 1. The maximum absolute atomic E-state index is 11.9. The van der Waals surface area contributed by atoms with Crippen LogP contribution in [0.1, 0.15) is 20.8 Å². The molecule has 1 heterocycles. The Morgan fingerprint density at radius 1 is 1.35 bits per heavy atom. The predicted molar refractivity (Wildman–Crippen MR) is 71.1 cm³/mol. The molecule has 0 aliphatic heterocycles. The van der Waals surface area contributed by atoms with Crippen LogP contribution in [0.4, 0.5) is 5.00 Å². The molecule has 2 rings (SSSR count). The molecule has 0 aliphatic rings. The second kappa shape index (κ2) is 5.01. The molecule has 0 unspecified atom stereocenters. The van der Waals surface area contributed by atoms with Crippen molar-refractivity contribution >= 4 is 22.2 Å². The molecule has 0 bridgehead atoms. The Hall–Kier alpha value is -1.81. The number of nitrogens with two attached hydrogens (primary N) is 1. The number of nitrogen functional groups attached to an aromatic ring is 1. The molecule has 1 amide bonds. The van der Waals surface area contributed by atoms with Crippen molar-refractivity contribution in [2.75, 3.05) is 5.73 Å². The summed E-state index contributed by atoms with van der Waals surface area (Å²) in [6, 6.07) is 11.6. The predicted octanol–water partition coefficient (Wildman–Crippen LogP) is 2.57. The van der Waals surface area contributed by atoms with E-state index in [4.69, 9.17) is 5.73 Å². The van der Waals surface area contributed by atoms with Crippen molar-refractivity contribution in [2.24, 2.45) is 0 Å². The van der Waals surface area contributed by atoms with Crippen LogP contribution in [0.5, 0.6) is 0 Å². The number of thiophene rings is 1. The molecule has 0 spiro atoms. The summed E-state index contributed by atoms with van der Waals surface area (Å²) in [7, 11) is 0. The molecular formula is C13H14N2OS. The van der Waals surface area contributed by atoms with E-state index in [-0.39, 0.29) is 5.91 Å². The van der Waals surface area contributed by atoms with E-state index in [1.54, 1.807) is 0 Å². The Morgan fingerprint density at radius 3 is 2.65 bits per heavy atom. The van der Waals surface area contributed by atoms with E-state index in [1.165, 1.54) is 11.3 Å². The fraction of sp³-hybridized carbons (Fsp3) is 0.154. The first-order valence-electron chi connectivity index (χ1n) is 5.35. The monoisotopic (exact) mass is 246 g/mol. The van der Waals surface area contributed by atoms with E-state index in [2.05, 4.69) is 5.32 Å². The van der Waals surface area contributed by atoms with Crippen molar-refractivity contribution < 1.29 is 4.79 Å². The third-order valence-electron chi connectivity index (χ3n) is 2.42. The van der Waals surface area contributed by atoms with Gasteiger partial charge in [-0.3, -0.25) is 4.79 Å².